The number of carbonyl (C=O) groups excluding carboxylic acids is 1. The predicted molar refractivity (Wildman–Crippen MR) is 61.8 cm³/mol. The van der Waals surface area contributed by atoms with Crippen LogP contribution < -0.4 is 5.73 Å². The highest BCUT2D eigenvalue weighted by Gasteiger charge is 2.23. The lowest BCUT2D eigenvalue weighted by molar-refractivity contribution is -0.136. The van der Waals surface area contributed by atoms with Crippen LogP contribution in [0.25, 0.3) is 0 Å². The number of hydrogen-bond acceptors (Lipinski definition) is 3. The van der Waals surface area contributed by atoms with Gasteiger partial charge in [0.2, 0.25) is 5.91 Å². The third kappa shape index (κ3) is 2.33. The first kappa shape index (κ1) is 11.0. The first-order valence-corrected chi connectivity index (χ1v) is 5.39. The number of nitrogen functional groups attached to an aromatic ring is 1. The Kier molecular flexibility index (Phi) is 3.10. The van der Waals surface area contributed by atoms with E-state index in [2.05, 4.69) is 0 Å². The molecule has 2 N–H and O–H groups in total. The maximum atomic E-state index is 11.3. The first-order valence-electron chi connectivity index (χ1n) is 5.39. The molecule has 0 saturated carbocycles. The molecule has 86 valence electrons. The average molecular weight is 220 g/mol. The van der Waals surface area contributed by atoms with Crippen molar-refractivity contribution >= 4 is 11.6 Å². The molecule has 1 fully saturated rings. The average Bonchev–Trinajstić information content (AvgIpc) is 2.30. The maximum Gasteiger partial charge on any atom is 0.219 e. The fraction of sp³-hybridized carbons (Fsp3) is 0.417. The van der Waals surface area contributed by atoms with Crippen LogP contribution in [0.5, 0.6) is 0 Å². The SMILES string of the molecule is CC(=O)N1CCOC(c2ccc(N)cc2)C1. The third-order valence-electron chi connectivity index (χ3n) is 2.82. The zero-order valence-corrected chi connectivity index (χ0v) is 9.35. The smallest absolute Gasteiger partial charge is 0.219 e. The molecule has 0 aromatic heterocycles. The second-order valence-electron chi connectivity index (χ2n) is 3.99. The van der Waals surface area contributed by atoms with Gasteiger partial charge < -0.3 is 15.4 Å². The van der Waals surface area contributed by atoms with E-state index in [0.717, 1.165) is 11.3 Å². The number of morpholine rings is 1. The number of rotatable bonds is 1. The summed E-state index contributed by atoms with van der Waals surface area (Å²) in [6, 6.07) is 7.60. The predicted octanol–water partition coefficient (Wildman–Crippen LogP) is 1.19. The third-order valence-corrected chi connectivity index (χ3v) is 2.82. The number of hydrogen-bond donors (Lipinski definition) is 1. The molecule has 4 heteroatoms. The summed E-state index contributed by atoms with van der Waals surface area (Å²) in [6.07, 6.45) is -0.0294. The van der Waals surface area contributed by atoms with Crippen molar-refractivity contribution in [3.63, 3.8) is 0 Å². The maximum absolute atomic E-state index is 11.3. The fourth-order valence-corrected chi connectivity index (χ4v) is 1.85. The second kappa shape index (κ2) is 4.53. The van der Waals surface area contributed by atoms with Gasteiger partial charge in [-0.1, -0.05) is 12.1 Å². The van der Waals surface area contributed by atoms with Crippen LogP contribution in [0.15, 0.2) is 24.3 Å². The minimum absolute atomic E-state index is 0.0294. The van der Waals surface area contributed by atoms with Crippen LogP contribution >= 0.6 is 0 Å². The van der Waals surface area contributed by atoms with Crippen molar-refractivity contribution in [3.8, 4) is 0 Å². The molecule has 2 rings (SSSR count). The number of ether oxygens (including phenoxy) is 1. The lowest BCUT2D eigenvalue weighted by Gasteiger charge is -2.32. The second-order valence-corrected chi connectivity index (χ2v) is 3.99. The Morgan fingerprint density at radius 3 is 2.75 bits per heavy atom. The van der Waals surface area contributed by atoms with E-state index in [-0.39, 0.29) is 12.0 Å². The van der Waals surface area contributed by atoms with Crippen LogP contribution in [-0.4, -0.2) is 30.5 Å². The van der Waals surface area contributed by atoms with E-state index >= 15 is 0 Å². The van der Waals surface area contributed by atoms with Gasteiger partial charge in [0.25, 0.3) is 0 Å². The molecule has 1 aromatic rings. The number of benzene rings is 1. The first-order chi connectivity index (χ1) is 7.66. The highest BCUT2D eigenvalue weighted by atomic mass is 16.5. The van der Waals surface area contributed by atoms with Crippen molar-refractivity contribution < 1.29 is 9.53 Å². The molecule has 1 aliphatic rings. The lowest BCUT2D eigenvalue weighted by Crippen LogP contribution is -2.41. The molecule has 0 spiro atoms. The van der Waals surface area contributed by atoms with Crippen LogP contribution in [-0.2, 0) is 9.53 Å². The Morgan fingerprint density at radius 1 is 1.44 bits per heavy atom. The fourth-order valence-electron chi connectivity index (χ4n) is 1.85. The summed E-state index contributed by atoms with van der Waals surface area (Å²) >= 11 is 0. The van der Waals surface area contributed by atoms with Gasteiger partial charge in [-0.3, -0.25) is 4.79 Å². The normalized spacial score (nSPS) is 20.8. The molecule has 1 atom stereocenters. The summed E-state index contributed by atoms with van der Waals surface area (Å²) in [6.45, 7) is 3.49. The van der Waals surface area contributed by atoms with Crippen LogP contribution in [0.2, 0.25) is 0 Å². The van der Waals surface area contributed by atoms with Crippen LogP contribution in [0.4, 0.5) is 5.69 Å². The van der Waals surface area contributed by atoms with Crippen LogP contribution in [0.1, 0.15) is 18.6 Å². The van der Waals surface area contributed by atoms with Crippen molar-refractivity contribution in [2.75, 3.05) is 25.4 Å². The van der Waals surface area contributed by atoms with Crippen molar-refractivity contribution in [1.82, 2.24) is 4.90 Å². The number of carbonyl (C=O) groups is 1. The summed E-state index contributed by atoms with van der Waals surface area (Å²) in [4.78, 5) is 13.1. The number of anilines is 1. The largest absolute Gasteiger partial charge is 0.399 e. The molecule has 0 bridgehead atoms. The summed E-state index contributed by atoms with van der Waals surface area (Å²) in [5.74, 6) is 0.101. The zero-order valence-electron chi connectivity index (χ0n) is 9.35. The molecule has 1 aromatic carbocycles. The highest BCUT2D eigenvalue weighted by molar-refractivity contribution is 5.73. The minimum Gasteiger partial charge on any atom is -0.399 e. The molecule has 1 unspecified atom stereocenters. The van der Waals surface area contributed by atoms with Crippen molar-refractivity contribution in [1.29, 1.82) is 0 Å². The monoisotopic (exact) mass is 220 g/mol. The topological polar surface area (TPSA) is 55.6 Å². The molecule has 0 aliphatic carbocycles. The van der Waals surface area contributed by atoms with Gasteiger partial charge in [0, 0.05) is 19.2 Å². The number of amides is 1. The van der Waals surface area contributed by atoms with Gasteiger partial charge in [-0.25, -0.2) is 0 Å². The van der Waals surface area contributed by atoms with Crippen LogP contribution in [0.3, 0.4) is 0 Å². The van der Waals surface area contributed by atoms with Gasteiger partial charge in [-0.15, -0.1) is 0 Å². The molecule has 0 radical (unpaired) electrons. The summed E-state index contributed by atoms with van der Waals surface area (Å²) in [5.41, 5.74) is 7.43. The summed E-state index contributed by atoms with van der Waals surface area (Å²) in [7, 11) is 0. The number of nitrogens with zero attached hydrogens (tertiary/aromatic N) is 1. The van der Waals surface area contributed by atoms with Gasteiger partial charge in [-0.05, 0) is 17.7 Å². The quantitative estimate of drug-likeness (QED) is 0.723. The lowest BCUT2D eigenvalue weighted by atomic mass is 10.1. The van der Waals surface area contributed by atoms with E-state index in [1.807, 2.05) is 29.2 Å². The summed E-state index contributed by atoms with van der Waals surface area (Å²) < 4.78 is 5.65. The Hall–Kier alpha value is -1.55. The van der Waals surface area contributed by atoms with E-state index in [1.165, 1.54) is 0 Å². The Labute approximate surface area is 95.0 Å². The minimum atomic E-state index is -0.0294. The molecule has 1 aliphatic heterocycles. The molecule has 4 nitrogen and oxygen atoms in total. The van der Waals surface area contributed by atoms with E-state index in [0.29, 0.717) is 19.7 Å². The Balaban J connectivity index is 2.09. The number of nitrogens with two attached hydrogens (primary N) is 1. The van der Waals surface area contributed by atoms with E-state index in [1.54, 1.807) is 6.92 Å². The molecular weight excluding hydrogens is 204 g/mol. The van der Waals surface area contributed by atoms with Crippen molar-refractivity contribution in [2.24, 2.45) is 0 Å². The highest BCUT2D eigenvalue weighted by Crippen LogP contribution is 2.22. The van der Waals surface area contributed by atoms with Gasteiger partial charge in [0.05, 0.1) is 13.2 Å². The van der Waals surface area contributed by atoms with Crippen molar-refractivity contribution in [2.45, 2.75) is 13.0 Å². The van der Waals surface area contributed by atoms with E-state index in [4.69, 9.17) is 10.5 Å². The molecule has 1 saturated heterocycles. The van der Waals surface area contributed by atoms with Gasteiger partial charge in [0.1, 0.15) is 6.10 Å². The summed E-state index contributed by atoms with van der Waals surface area (Å²) in [5, 5.41) is 0. The van der Waals surface area contributed by atoms with Crippen molar-refractivity contribution in [3.05, 3.63) is 29.8 Å². The Morgan fingerprint density at radius 2 is 2.12 bits per heavy atom. The van der Waals surface area contributed by atoms with Gasteiger partial charge in [0.15, 0.2) is 0 Å². The van der Waals surface area contributed by atoms with E-state index in [9.17, 15) is 4.79 Å². The van der Waals surface area contributed by atoms with Gasteiger partial charge in [-0.2, -0.15) is 0 Å². The van der Waals surface area contributed by atoms with Gasteiger partial charge >= 0.3 is 0 Å². The molecule has 16 heavy (non-hydrogen) atoms. The molecule has 1 amide bonds. The zero-order chi connectivity index (χ0) is 11.5. The molecule has 1 heterocycles. The van der Waals surface area contributed by atoms with Crippen LogP contribution in [0, 0.1) is 0 Å². The standard InChI is InChI=1S/C12H16N2O2/c1-9(15)14-6-7-16-12(8-14)10-2-4-11(13)5-3-10/h2-5,12H,6-8,13H2,1H3. The van der Waals surface area contributed by atoms with E-state index < -0.39 is 0 Å². The molecular formula is C12H16N2O2. The Bertz CT molecular complexity index is 375.